The summed E-state index contributed by atoms with van der Waals surface area (Å²) in [5.74, 6) is 0. The van der Waals surface area contributed by atoms with E-state index in [2.05, 4.69) is 0 Å². The first-order chi connectivity index (χ1) is 3.46. The Labute approximate surface area is 128 Å². The summed E-state index contributed by atoms with van der Waals surface area (Å²) < 4.78 is 0. The Morgan fingerprint density at radius 1 is 0.444 bits per heavy atom. The van der Waals surface area contributed by atoms with Crippen LogP contribution in [0, 0.1) is 30.6 Å². The third-order valence-electron chi connectivity index (χ3n) is 0. The Balaban J connectivity index is -0.00000000257. The Hall–Kier alpha value is -0.700. The van der Waals surface area contributed by atoms with Gasteiger partial charge in [0, 0.05) is 0 Å². The molecule has 0 aliphatic rings. The maximum atomic E-state index is 8.25. The fourth-order valence-corrected chi connectivity index (χ4v) is 0. The van der Waals surface area contributed by atoms with Crippen LogP contribution < -0.4 is 0 Å². The molecule has 17 nitrogen and oxygen atoms in total. The first-order valence-electron chi connectivity index (χ1n) is 1.10. The molecule has 120 valence electrons. The third-order valence-corrected chi connectivity index (χ3v) is 0. The molecule has 0 heterocycles. The standard InChI is InChI=1S/Ca.2NO3.9H2O/c;2*2-1(3)4;;;;;;;;;/h;;;9*1H2/q+2;2*-1;;;;;;;;;. The molecule has 0 aromatic heterocycles. The topological polar surface area (TPSA) is 416 Å². The van der Waals surface area contributed by atoms with Crippen LogP contribution in [0.5, 0.6) is 0 Å². The van der Waals surface area contributed by atoms with Gasteiger partial charge in [-0.15, -0.1) is 0 Å². The van der Waals surface area contributed by atoms with Crippen molar-refractivity contribution in [3.8, 4) is 0 Å². The molecule has 0 fully saturated rings. The summed E-state index contributed by atoms with van der Waals surface area (Å²) in [6.45, 7) is 0. The van der Waals surface area contributed by atoms with Crippen LogP contribution >= 0.6 is 0 Å². The summed E-state index contributed by atoms with van der Waals surface area (Å²) >= 11 is 0. The molecule has 18 heavy (non-hydrogen) atoms. The van der Waals surface area contributed by atoms with E-state index < -0.39 is 10.2 Å². The number of nitrogens with zero attached hydrogens (tertiary/aromatic N) is 2. The van der Waals surface area contributed by atoms with Crippen molar-refractivity contribution < 1.29 is 59.5 Å². The Kier molecular flexibility index (Phi) is 1230. The summed E-state index contributed by atoms with van der Waals surface area (Å²) in [5.41, 5.74) is 0. The van der Waals surface area contributed by atoms with Crippen LogP contribution in [0.25, 0.3) is 0 Å². The van der Waals surface area contributed by atoms with Crippen molar-refractivity contribution in [3.63, 3.8) is 0 Å². The largest absolute Gasteiger partial charge is 2.00 e. The summed E-state index contributed by atoms with van der Waals surface area (Å²) in [4.78, 5) is 16.5. The molecular formula is H18CaN2O15. The zero-order valence-corrected chi connectivity index (χ0v) is 10.8. The quantitative estimate of drug-likeness (QED) is 0.235. The first kappa shape index (κ1) is 164. The third kappa shape index (κ3) is 6380. The van der Waals surface area contributed by atoms with Gasteiger partial charge in [0.25, 0.3) is 0 Å². The molecule has 0 saturated carbocycles. The van der Waals surface area contributed by atoms with Gasteiger partial charge in [-0.1, -0.05) is 0 Å². The van der Waals surface area contributed by atoms with E-state index in [-0.39, 0.29) is 87.0 Å². The molecule has 0 aromatic carbocycles. The van der Waals surface area contributed by atoms with Gasteiger partial charge in [0.2, 0.25) is 0 Å². The normalized spacial score (nSPS) is 2.67. The average Bonchev–Trinajstić information content (AvgIpc) is 1.25. The fourth-order valence-electron chi connectivity index (χ4n) is 0. The van der Waals surface area contributed by atoms with E-state index in [4.69, 9.17) is 30.6 Å². The van der Waals surface area contributed by atoms with E-state index in [0.29, 0.717) is 0 Å². The molecule has 18 heteroatoms. The van der Waals surface area contributed by atoms with Gasteiger partial charge in [-0.3, -0.25) is 0 Å². The maximum absolute atomic E-state index is 8.25. The summed E-state index contributed by atoms with van der Waals surface area (Å²) in [6.07, 6.45) is 0. The van der Waals surface area contributed by atoms with Gasteiger partial charge in [0.1, 0.15) is 0 Å². The summed E-state index contributed by atoms with van der Waals surface area (Å²) in [7, 11) is 0. The van der Waals surface area contributed by atoms with E-state index in [9.17, 15) is 0 Å². The number of hydrogen-bond donors (Lipinski definition) is 0. The van der Waals surface area contributed by atoms with Crippen LogP contribution in [0.1, 0.15) is 0 Å². The van der Waals surface area contributed by atoms with Crippen molar-refractivity contribution in [2.45, 2.75) is 0 Å². The first-order valence-corrected chi connectivity index (χ1v) is 1.10. The van der Waals surface area contributed by atoms with Crippen molar-refractivity contribution in [2.75, 3.05) is 0 Å². The van der Waals surface area contributed by atoms with Crippen LogP contribution in [-0.2, 0) is 0 Å². The van der Waals surface area contributed by atoms with Crippen LogP contribution in [0.2, 0.25) is 0 Å². The summed E-state index contributed by atoms with van der Waals surface area (Å²) in [6, 6.07) is 0. The zero-order valence-electron chi connectivity index (χ0n) is 8.55. The molecular weight excluding hydrogens is 308 g/mol. The molecule has 18 N–H and O–H groups in total. The molecule has 0 amide bonds. The number of hydrogen-bond acceptors (Lipinski definition) is 6. The van der Waals surface area contributed by atoms with Gasteiger partial charge in [-0.05, 0) is 0 Å². The SMILES string of the molecule is O.O.O.O.O.O.O.O.O.O=[N+]([O-])[O-].O=[N+]([O-])[O-].[Ca+2]. The monoisotopic (exact) mass is 326 g/mol. The molecule has 0 bridgehead atoms. The van der Waals surface area contributed by atoms with Gasteiger partial charge >= 0.3 is 37.7 Å². The predicted molar refractivity (Wildman–Crippen MR) is 59.0 cm³/mol. The Morgan fingerprint density at radius 2 is 0.444 bits per heavy atom. The molecule has 0 radical (unpaired) electrons. The van der Waals surface area contributed by atoms with Crippen molar-refractivity contribution in [2.24, 2.45) is 0 Å². The van der Waals surface area contributed by atoms with Crippen molar-refractivity contribution in [3.05, 3.63) is 30.6 Å². The molecule has 0 aliphatic carbocycles. The van der Waals surface area contributed by atoms with Gasteiger partial charge in [-0.25, -0.2) is 0 Å². The predicted octanol–water partition coefficient (Wildman–Crippen LogP) is -8.28. The second kappa shape index (κ2) is 136. The molecule has 0 rings (SSSR count). The minimum Gasteiger partial charge on any atom is -0.412 e. The minimum absolute atomic E-state index is 0. The van der Waals surface area contributed by atoms with E-state index in [0.717, 1.165) is 0 Å². The van der Waals surface area contributed by atoms with E-state index >= 15 is 0 Å². The Bertz CT molecular complexity index is 72.5. The molecule has 0 spiro atoms. The van der Waals surface area contributed by atoms with Crippen molar-refractivity contribution >= 4 is 37.7 Å². The second-order valence-corrected chi connectivity index (χ2v) is 0.447. The van der Waals surface area contributed by atoms with Gasteiger partial charge < -0.3 is 79.9 Å². The molecule has 0 aromatic rings. The van der Waals surface area contributed by atoms with Crippen LogP contribution in [0.15, 0.2) is 0 Å². The maximum Gasteiger partial charge on any atom is 2.00 e. The molecule has 0 unspecified atom stereocenters. The van der Waals surface area contributed by atoms with Crippen LogP contribution in [-0.4, -0.2) is 97.2 Å². The molecule has 0 atom stereocenters. The van der Waals surface area contributed by atoms with Gasteiger partial charge in [0.15, 0.2) is 0 Å². The van der Waals surface area contributed by atoms with Gasteiger partial charge in [-0.2, -0.15) is 0 Å². The number of rotatable bonds is 0. The minimum atomic E-state index is -1.75. The van der Waals surface area contributed by atoms with E-state index in [1.807, 2.05) is 0 Å². The van der Waals surface area contributed by atoms with Crippen molar-refractivity contribution in [1.82, 2.24) is 0 Å². The molecule has 0 saturated heterocycles. The van der Waals surface area contributed by atoms with E-state index in [1.165, 1.54) is 0 Å². The average molecular weight is 326 g/mol. The second-order valence-electron chi connectivity index (χ2n) is 0.447. The zero-order chi connectivity index (χ0) is 7.15. The van der Waals surface area contributed by atoms with Gasteiger partial charge in [0.05, 0.1) is 10.2 Å². The Morgan fingerprint density at radius 3 is 0.444 bits per heavy atom. The van der Waals surface area contributed by atoms with Crippen molar-refractivity contribution in [1.29, 1.82) is 0 Å². The van der Waals surface area contributed by atoms with E-state index in [1.54, 1.807) is 0 Å². The van der Waals surface area contributed by atoms with Crippen LogP contribution in [0.4, 0.5) is 0 Å². The molecule has 0 aliphatic heterocycles. The fraction of sp³-hybridized carbons (Fsp3) is 0. The van der Waals surface area contributed by atoms with Crippen LogP contribution in [0.3, 0.4) is 0 Å². The summed E-state index contributed by atoms with van der Waals surface area (Å²) in [5, 5.41) is 29.5. The smallest absolute Gasteiger partial charge is 0.412 e.